The Hall–Kier alpha value is -1.32. The maximum Gasteiger partial charge on any atom is 0.0666 e. The number of hydrogen-bond acceptors (Lipinski definition) is 2. The lowest BCUT2D eigenvalue weighted by Crippen LogP contribution is -2.27. The average Bonchev–Trinajstić information content (AvgIpc) is 2.79. The predicted molar refractivity (Wildman–Crippen MR) is 84.0 cm³/mol. The first-order valence-electron chi connectivity index (χ1n) is 7.08. The van der Waals surface area contributed by atoms with E-state index in [1.54, 1.807) is 0 Å². The van der Waals surface area contributed by atoms with E-state index in [0.717, 1.165) is 24.4 Å². The van der Waals surface area contributed by atoms with Crippen molar-refractivity contribution in [2.75, 3.05) is 0 Å². The molecule has 0 spiro atoms. The molecule has 0 aliphatic heterocycles. The van der Waals surface area contributed by atoms with Crippen molar-refractivity contribution in [2.24, 2.45) is 7.05 Å². The molecule has 1 heterocycles. The quantitative estimate of drug-likeness (QED) is 0.884. The summed E-state index contributed by atoms with van der Waals surface area (Å²) in [5.41, 5.74) is 3.64. The molecule has 1 aromatic heterocycles. The van der Waals surface area contributed by atoms with Crippen molar-refractivity contribution in [3.8, 4) is 0 Å². The van der Waals surface area contributed by atoms with E-state index in [9.17, 15) is 0 Å². The van der Waals surface area contributed by atoms with Crippen LogP contribution in [0.2, 0.25) is 5.02 Å². The first-order chi connectivity index (χ1) is 9.60. The van der Waals surface area contributed by atoms with Crippen LogP contribution in [0.5, 0.6) is 0 Å². The summed E-state index contributed by atoms with van der Waals surface area (Å²) in [6, 6.07) is 8.40. The molecule has 2 aromatic rings. The van der Waals surface area contributed by atoms with Gasteiger partial charge in [-0.25, -0.2) is 0 Å². The number of aromatic nitrogens is 2. The Bertz CT molecular complexity index is 563. The second-order valence-corrected chi connectivity index (χ2v) is 5.61. The van der Waals surface area contributed by atoms with Crippen molar-refractivity contribution >= 4 is 11.6 Å². The molecule has 2 rings (SSSR count). The third-order valence-corrected chi connectivity index (χ3v) is 3.82. The number of rotatable bonds is 6. The second-order valence-electron chi connectivity index (χ2n) is 5.21. The van der Waals surface area contributed by atoms with Crippen LogP contribution in [0.15, 0.2) is 30.5 Å². The van der Waals surface area contributed by atoms with Crippen LogP contribution < -0.4 is 5.32 Å². The molecule has 1 aromatic carbocycles. The SMILES string of the molecule is CCc1nn(C)cc1CNC(C)Cc1ccccc1Cl. The Morgan fingerprint density at radius 2 is 2.05 bits per heavy atom. The van der Waals surface area contributed by atoms with Crippen molar-refractivity contribution < 1.29 is 0 Å². The molecule has 1 atom stereocenters. The highest BCUT2D eigenvalue weighted by Crippen LogP contribution is 2.17. The van der Waals surface area contributed by atoms with E-state index in [4.69, 9.17) is 11.6 Å². The van der Waals surface area contributed by atoms with Crippen LogP contribution in [0.25, 0.3) is 0 Å². The van der Waals surface area contributed by atoms with Crippen molar-refractivity contribution in [2.45, 2.75) is 39.3 Å². The van der Waals surface area contributed by atoms with Crippen molar-refractivity contribution in [3.63, 3.8) is 0 Å². The molecule has 0 aliphatic carbocycles. The minimum absolute atomic E-state index is 0.375. The number of hydrogen-bond donors (Lipinski definition) is 1. The summed E-state index contributed by atoms with van der Waals surface area (Å²) in [6.07, 6.45) is 3.99. The van der Waals surface area contributed by atoms with Crippen LogP contribution in [0.3, 0.4) is 0 Å². The number of aryl methyl sites for hydroxylation is 2. The van der Waals surface area contributed by atoms with Gasteiger partial charge in [0.25, 0.3) is 0 Å². The molecular formula is C16H22ClN3. The summed E-state index contributed by atoms with van der Waals surface area (Å²) in [5.74, 6) is 0. The van der Waals surface area contributed by atoms with E-state index in [-0.39, 0.29) is 0 Å². The minimum atomic E-state index is 0.375. The number of benzene rings is 1. The first kappa shape index (κ1) is 15.1. The smallest absolute Gasteiger partial charge is 0.0666 e. The molecule has 0 saturated heterocycles. The standard InChI is InChI=1S/C16H22ClN3/c1-4-16-14(11-20(3)19-16)10-18-12(2)9-13-7-5-6-8-15(13)17/h5-8,11-12,18H,4,9-10H2,1-3H3. The molecule has 1 unspecified atom stereocenters. The molecule has 0 bridgehead atoms. The van der Waals surface area contributed by atoms with E-state index in [1.807, 2.05) is 29.9 Å². The molecule has 0 aliphatic rings. The van der Waals surface area contributed by atoms with Gasteiger partial charge in [0.2, 0.25) is 0 Å². The van der Waals surface area contributed by atoms with Gasteiger partial charge in [0.1, 0.15) is 0 Å². The Kier molecular flexibility index (Phi) is 5.21. The van der Waals surface area contributed by atoms with E-state index in [2.05, 4.69) is 36.5 Å². The lowest BCUT2D eigenvalue weighted by Gasteiger charge is -2.14. The molecule has 0 saturated carbocycles. The fourth-order valence-corrected chi connectivity index (χ4v) is 2.59. The normalized spacial score (nSPS) is 12.6. The fraction of sp³-hybridized carbons (Fsp3) is 0.438. The molecule has 1 N–H and O–H groups in total. The van der Waals surface area contributed by atoms with Gasteiger partial charge in [-0.3, -0.25) is 4.68 Å². The summed E-state index contributed by atoms with van der Waals surface area (Å²) in [6.45, 7) is 5.17. The monoisotopic (exact) mass is 291 g/mol. The molecule has 0 amide bonds. The van der Waals surface area contributed by atoms with E-state index >= 15 is 0 Å². The zero-order valence-electron chi connectivity index (χ0n) is 12.4. The Morgan fingerprint density at radius 1 is 1.30 bits per heavy atom. The van der Waals surface area contributed by atoms with Crippen molar-refractivity contribution in [1.82, 2.24) is 15.1 Å². The van der Waals surface area contributed by atoms with Gasteiger partial charge in [0.15, 0.2) is 0 Å². The highest BCUT2D eigenvalue weighted by Gasteiger charge is 2.09. The minimum Gasteiger partial charge on any atom is -0.310 e. The molecule has 4 heteroatoms. The van der Waals surface area contributed by atoms with Crippen LogP contribution in [-0.4, -0.2) is 15.8 Å². The third kappa shape index (κ3) is 3.84. The summed E-state index contributed by atoms with van der Waals surface area (Å²) < 4.78 is 1.88. The summed E-state index contributed by atoms with van der Waals surface area (Å²) in [5, 5.41) is 8.86. The second kappa shape index (κ2) is 6.91. The molecule has 20 heavy (non-hydrogen) atoms. The lowest BCUT2D eigenvalue weighted by molar-refractivity contribution is 0.544. The summed E-state index contributed by atoms with van der Waals surface area (Å²) in [4.78, 5) is 0. The van der Waals surface area contributed by atoms with Crippen molar-refractivity contribution in [3.05, 3.63) is 52.3 Å². The Morgan fingerprint density at radius 3 is 2.75 bits per heavy atom. The van der Waals surface area contributed by atoms with Gasteiger partial charge in [-0.2, -0.15) is 5.10 Å². The van der Waals surface area contributed by atoms with Gasteiger partial charge in [-0.15, -0.1) is 0 Å². The fourth-order valence-electron chi connectivity index (χ4n) is 2.38. The van der Waals surface area contributed by atoms with Gasteiger partial charge < -0.3 is 5.32 Å². The molecule has 108 valence electrons. The van der Waals surface area contributed by atoms with Gasteiger partial charge in [0, 0.05) is 36.4 Å². The van der Waals surface area contributed by atoms with Crippen LogP contribution in [-0.2, 0) is 26.4 Å². The predicted octanol–water partition coefficient (Wildman–Crippen LogP) is 3.36. The summed E-state index contributed by atoms with van der Waals surface area (Å²) in [7, 11) is 1.97. The van der Waals surface area contributed by atoms with E-state index in [1.165, 1.54) is 16.8 Å². The highest BCUT2D eigenvalue weighted by molar-refractivity contribution is 6.31. The zero-order chi connectivity index (χ0) is 14.5. The van der Waals surface area contributed by atoms with Crippen LogP contribution in [0.4, 0.5) is 0 Å². The van der Waals surface area contributed by atoms with Crippen LogP contribution in [0, 0.1) is 0 Å². The number of halogens is 1. The largest absolute Gasteiger partial charge is 0.310 e. The molecule has 3 nitrogen and oxygen atoms in total. The van der Waals surface area contributed by atoms with Crippen molar-refractivity contribution in [1.29, 1.82) is 0 Å². The zero-order valence-corrected chi connectivity index (χ0v) is 13.1. The maximum absolute atomic E-state index is 6.20. The molecule has 0 radical (unpaired) electrons. The Labute approximate surface area is 126 Å². The summed E-state index contributed by atoms with van der Waals surface area (Å²) >= 11 is 6.20. The number of nitrogens with one attached hydrogen (secondary N) is 1. The average molecular weight is 292 g/mol. The van der Waals surface area contributed by atoms with E-state index in [0.29, 0.717) is 6.04 Å². The van der Waals surface area contributed by atoms with Gasteiger partial charge in [-0.05, 0) is 31.4 Å². The van der Waals surface area contributed by atoms with Crippen LogP contribution >= 0.6 is 11.6 Å². The molecule has 0 fully saturated rings. The van der Waals surface area contributed by atoms with E-state index < -0.39 is 0 Å². The molecular weight excluding hydrogens is 270 g/mol. The topological polar surface area (TPSA) is 29.9 Å². The maximum atomic E-state index is 6.20. The van der Waals surface area contributed by atoms with Gasteiger partial charge in [0.05, 0.1) is 5.69 Å². The number of nitrogens with zero attached hydrogens (tertiary/aromatic N) is 2. The van der Waals surface area contributed by atoms with Crippen LogP contribution in [0.1, 0.15) is 30.7 Å². The third-order valence-electron chi connectivity index (χ3n) is 3.45. The Balaban J connectivity index is 1.92. The highest BCUT2D eigenvalue weighted by atomic mass is 35.5. The lowest BCUT2D eigenvalue weighted by atomic mass is 10.1. The first-order valence-corrected chi connectivity index (χ1v) is 7.46. The van der Waals surface area contributed by atoms with Gasteiger partial charge in [-0.1, -0.05) is 36.7 Å². The van der Waals surface area contributed by atoms with Gasteiger partial charge >= 0.3 is 0 Å².